The molecule has 4 heteroatoms. The molecule has 1 unspecified atom stereocenters. The summed E-state index contributed by atoms with van der Waals surface area (Å²) < 4.78 is 6.53. The lowest BCUT2D eigenvalue weighted by molar-refractivity contribution is 0.401. The van der Waals surface area contributed by atoms with E-state index in [1.165, 1.54) is 5.56 Å². The van der Waals surface area contributed by atoms with Crippen molar-refractivity contribution in [1.29, 1.82) is 0 Å². The largest absolute Gasteiger partial charge is 0.496 e. The molecule has 0 aliphatic heterocycles. The number of rotatable bonds is 5. The van der Waals surface area contributed by atoms with E-state index in [-0.39, 0.29) is 6.04 Å². The van der Waals surface area contributed by atoms with Crippen molar-refractivity contribution in [2.24, 2.45) is 0 Å². The summed E-state index contributed by atoms with van der Waals surface area (Å²) in [6, 6.07) is 14.3. The van der Waals surface area contributed by atoms with E-state index in [2.05, 4.69) is 33.4 Å². The minimum Gasteiger partial charge on any atom is -0.496 e. The van der Waals surface area contributed by atoms with E-state index >= 15 is 0 Å². The maximum atomic E-state index is 6.02. The van der Waals surface area contributed by atoms with E-state index in [1.807, 2.05) is 37.4 Å². The van der Waals surface area contributed by atoms with Gasteiger partial charge in [0.05, 0.1) is 7.11 Å². The lowest BCUT2D eigenvalue weighted by atomic mass is 9.98. The molecule has 1 atom stereocenters. The van der Waals surface area contributed by atoms with E-state index in [9.17, 15) is 0 Å². The molecule has 2 rings (SSSR count). The summed E-state index contributed by atoms with van der Waals surface area (Å²) in [6.45, 7) is 0. The highest BCUT2D eigenvalue weighted by atomic mass is 79.9. The molecule has 20 heavy (non-hydrogen) atoms. The van der Waals surface area contributed by atoms with Gasteiger partial charge in [-0.15, -0.1) is 0 Å². The summed E-state index contributed by atoms with van der Waals surface area (Å²) in [4.78, 5) is 0. The maximum absolute atomic E-state index is 6.02. The minimum absolute atomic E-state index is 0.177. The first-order chi connectivity index (χ1) is 9.63. The first kappa shape index (κ1) is 15.4. The molecule has 0 aromatic heterocycles. The molecule has 2 aromatic carbocycles. The number of methoxy groups -OCH3 is 1. The van der Waals surface area contributed by atoms with Crippen LogP contribution in [0.5, 0.6) is 5.75 Å². The van der Waals surface area contributed by atoms with E-state index in [1.54, 1.807) is 7.11 Å². The number of benzene rings is 2. The second-order valence-corrected chi connectivity index (χ2v) is 5.91. The number of hydrogen-bond donors (Lipinski definition) is 1. The second-order valence-electron chi connectivity index (χ2n) is 4.56. The van der Waals surface area contributed by atoms with Gasteiger partial charge in [0.1, 0.15) is 5.75 Å². The number of hydrogen-bond acceptors (Lipinski definition) is 2. The third-order valence-corrected chi connectivity index (χ3v) is 3.98. The summed E-state index contributed by atoms with van der Waals surface area (Å²) in [5, 5.41) is 4.03. The van der Waals surface area contributed by atoms with Crippen molar-refractivity contribution in [2.75, 3.05) is 14.2 Å². The summed E-state index contributed by atoms with van der Waals surface area (Å²) in [5.41, 5.74) is 2.37. The van der Waals surface area contributed by atoms with Crippen LogP contribution in [0.15, 0.2) is 46.9 Å². The number of ether oxygens (including phenoxy) is 1. The molecule has 0 spiro atoms. The number of likely N-dealkylation sites (N-methyl/N-ethyl adjacent to an activating group) is 1. The van der Waals surface area contributed by atoms with Crippen molar-refractivity contribution in [3.8, 4) is 5.75 Å². The van der Waals surface area contributed by atoms with E-state index in [0.29, 0.717) is 5.02 Å². The van der Waals surface area contributed by atoms with Crippen molar-refractivity contribution < 1.29 is 4.74 Å². The smallest absolute Gasteiger partial charge is 0.125 e. The van der Waals surface area contributed by atoms with Crippen molar-refractivity contribution in [1.82, 2.24) is 5.32 Å². The van der Waals surface area contributed by atoms with Crippen molar-refractivity contribution in [3.63, 3.8) is 0 Å². The van der Waals surface area contributed by atoms with Crippen LogP contribution in [0.25, 0.3) is 0 Å². The molecule has 0 radical (unpaired) electrons. The fourth-order valence-corrected chi connectivity index (χ4v) is 2.85. The molecule has 0 amide bonds. The van der Waals surface area contributed by atoms with Gasteiger partial charge in [-0.3, -0.25) is 0 Å². The highest BCUT2D eigenvalue weighted by molar-refractivity contribution is 9.10. The van der Waals surface area contributed by atoms with Gasteiger partial charge in [0.25, 0.3) is 0 Å². The second kappa shape index (κ2) is 7.11. The average molecular weight is 355 g/mol. The van der Waals surface area contributed by atoms with Gasteiger partial charge in [-0.25, -0.2) is 0 Å². The van der Waals surface area contributed by atoms with Crippen LogP contribution in [-0.2, 0) is 6.42 Å². The molecule has 2 nitrogen and oxygen atoms in total. The topological polar surface area (TPSA) is 21.3 Å². The van der Waals surface area contributed by atoms with Gasteiger partial charge in [-0.05, 0) is 43.3 Å². The highest BCUT2D eigenvalue weighted by Crippen LogP contribution is 2.30. The van der Waals surface area contributed by atoms with E-state index in [4.69, 9.17) is 16.3 Å². The Morgan fingerprint density at radius 1 is 1.25 bits per heavy atom. The van der Waals surface area contributed by atoms with E-state index in [0.717, 1.165) is 22.2 Å². The Bertz CT molecular complexity index is 588. The molecule has 0 fully saturated rings. The standard InChI is InChI=1S/C16H17BrClNO/c1-19-15(9-11-4-3-5-12(17)8-11)14-7-6-13(18)10-16(14)20-2/h3-8,10,15,19H,9H2,1-2H3. The first-order valence-corrected chi connectivity index (χ1v) is 7.56. The van der Waals surface area contributed by atoms with Crippen molar-refractivity contribution >= 4 is 27.5 Å². The lowest BCUT2D eigenvalue weighted by Crippen LogP contribution is -2.19. The molecule has 106 valence electrons. The molecule has 0 aliphatic rings. The summed E-state index contributed by atoms with van der Waals surface area (Å²) in [7, 11) is 3.62. The van der Waals surface area contributed by atoms with Crippen LogP contribution in [0.1, 0.15) is 17.2 Å². The minimum atomic E-state index is 0.177. The number of nitrogens with one attached hydrogen (secondary N) is 1. The van der Waals surface area contributed by atoms with Crippen LogP contribution in [0.4, 0.5) is 0 Å². The Labute approximate surface area is 133 Å². The molecule has 2 aromatic rings. The van der Waals surface area contributed by atoms with Crippen LogP contribution in [0.2, 0.25) is 5.02 Å². The molecule has 0 aliphatic carbocycles. The molecule has 0 heterocycles. The molecular formula is C16H17BrClNO. The Kier molecular flexibility index (Phi) is 5.46. The zero-order chi connectivity index (χ0) is 14.5. The third kappa shape index (κ3) is 3.75. The molecular weight excluding hydrogens is 338 g/mol. The van der Waals surface area contributed by atoms with Gasteiger partial charge < -0.3 is 10.1 Å². The maximum Gasteiger partial charge on any atom is 0.125 e. The normalized spacial score (nSPS) is 12.2. The lowest BCUT2D eigenvalue weighted by Gasteiger charge is -2.20. The number of halogens is 2. The molecule has 0 bridgehead atoms. The van der Waals surface area contributed by atoms with Crippen LogP contribution in [-0.4, -0.2) is 14.2 Å². The predicted molar refractivity (Wildman–Crippen MR) is 87.7 cm³/mol. The molecule has 0 saturated carbocycles. The fourth-order valence-electron chi connectivity index (χ4n) is 2.24. The van der Waals surface area contributed by atoms with Crippen LogP contribution < -0.4 is 10.1 Å². The van der Waals surface area contributed by atoms with Gasteiger partial charge in [-0.1, -0.05) is 45.7 Å². The Hall–Kier alpha value is -1.03. The first-order valence-electron chi connectivity index (χ1n) is 6.39. The van der Waals surface area contributed by atoms with Gasteiger partial charge in [0.15, 0.2) is 0 Å². The summed E-state index contributed by atoms with van der Waals surface area (Å²) in [6.07, 6.45) is 0.883. The van der Waals surface area contributed by atoms with Gasteiger partial charge in [0.2, 0.25) is 0 Å². The van der Waals surface area contributed by atoms with Crippen LogP contribution in [0, 0.1) is 0 Å². The van der Waals surface area contributed by atoms with E-state index < -0.39 is 0 Å². The van der Waals surface area contributed by atoms with Crippen molar-refractivity contribution in [2.45, 2.75) is 12.5 Å². The van der Waals surface area contributed by atoms with Gasteiger partial charge in [0, 0.05) is 21.1 Å². The average Bonchev–Trinajstić information content (AvgIpc) is 2.45. The Morgan fingerprint density at radius 2 is 2.05 bits per heavy atom. The predicted octanol–water partition coefficient (Wildman–Crippen LogP) is 4.61. The SMILES string of the molecule is CNC(Cc1cccc(Br)c1)c1ccc(Cl)cc1OC. The molecule has 1 N–H and O–H groups in total. The monoisotopic (exact) mass is 353 g/mol. The van der Waals surface area contributed by atoms with Crippen LogP contribution >= 0.6 is 27.5 Å². The zero-order valence-electron chi connectivity index (χ0n) is 11.5. The third-order valence-electron chi connectivity index (χ3n) is 3.25. The highest BCUT2D eigenvalue weighted by Gasteiger charge is 2.15. The quantitative estimate of drug-likeness (QED) is 0.846. The van der Waals surface area contributed by atoms with Crippen LogP contribution in [0.3, 0.4) is 0 Å². The fraction of sp³-hybridized carbons (Fsp3) is 0.250. The molecule has 0 saturated heterocycles. The van der Waals surface area contributed by atoms with Gasteiger partial charge >= 0.3 is 0 Å². The van der Waals surface area contributed by atoms with Crippen molar-refractivity contribution in [3.05, 3.63) is 63.1 Å². The van der Waals surface area contributed by atoms with Gasteiger partial charge in [-0.2, -0.15) is 0 Å². The zero-order valence-corrected chi connectivity index (χ0v) is 13.8. The Balaban J connectivity index is 2.28. The summed E-state index contributed by atoms with van der Waals surface area (Å²) in [5.74, 6) is 0.812. The summed E-state index contributed by atoms with van der Waals surface area (Å²) >= 11 is 9.52. The Morgan fingerprint density at radius 3 is 2.70 bits per heavy atom.